The van der Waals surface area contributed by atoms with Gasteiger partial charge in [-0.05, 0) is 62.1 Å². The van der Waals surface area contributed by atoms with Crippen molar-refractivity contribution in [1.82, 2.24) is 9.62 Å². The highest BCUT2D eigenvalue weighted by Gasteiger charge is 2.32. The largest absolute Gasteiger partial charge is 0.349 e. The summed E-state index contributed by atoms with van der Waals surface area (Å²) in [7, 11) is -3.68. The van der Waals surface area contributed by atoms with Gasteiger partial charge in [-0.15, -0.1) is 0 Å². The lowest BCUT2D eigenvalue weighted by molar-refractivity contribution is -0.120. The van der Waals surface area contributed by atoms with Crippen molar-refractivity contribution in [2.75, 3.05) is 18.4 Å². The number of sulfonamides is 1. The van der Waals surface area contributed by atoms with E-state index in [2.05, 4.69) is 10.6 Å². The summed E-state index contributed by atoms with van der Waals surface area (Å²) < 4.78 is 27.1. The molecule has 0 radical (unpaired) electrons. The van der Waals surface area contributed by atoms with E-state index < -0.39 is 10.0 Å². The van der Waals surface area contributed by atoms with Crippen LogP contribution in [0.25, 0.3) is 0 Å². The molecule has 1 saturated heterocycles. The molecule has 4 rings (SSSR count). The molecule has 1 heterocycles. The minimum atomic E-state index is -3.68. The van der Waals surface area contributed by atoms with Crippen molar-refractivity contribution in [3.63, 3.8) is 0 Å². The number of nitrogens with zero attached hydrogens (tertiary/aromatic N) is 2. The summed E-state index contributed by atoms with van der Waals surface area (Å²) in [4.78, 5) is 25.4. The van der Waals surface area contributed by atoms with Crippen LogP contribution in [-0.4, -0.2) is 43.7 Å². The van der Waals surface area contributed by atoms with Crippen LogP contribution >= 0.6 is 0 Å². The molecule has 1 saturated carbocycles. The van der Waals surface area contributed by atoms with Gasteiger partial charge in [-0.2, -0.15) is 9.57 Å². The van der Waals surface area contributed by atoms with E-state index in [-0.39, 0.29) is 41.8 Å². The lowest BCUT2D eigenvalue weighted by Crippen LogP contribution is -2.41. The summed E-state index contributed by atoms with van der Waals surface area (Å²) >= 11 is 0. The Morgan fingerprint density at radius 3 is 2.25 bits per heavy atom. The van der Waals surface area contributed by atoms with E-state index >= 15 is 0 Å². The predicted molar refractivity (Wildman–Crippen MR) is 118 cm³/mol. The molecule has 0 aromatic heterocycles. The molecule has 2 fully saturated rings. The third-order valence-corrected chi connectivity index (χ3v) is 7.70. The van der Waals surface area contributed by atoms with Crippen molar-refractivity contribution >= 4 is 27.5 Å². The maximum Gasteiger partial charge on any atom is 0.253 e. The Labute approximate surface area is 187 Å². The first-order valence-corrected chi connectivity index (χ1v) is 12.0. The number of piperidine rings is 1. The van der Waals surface area contributed by atoms with Gasteiger partial charge < -0.3 is 10.6 Å². The summed E-state index contributed by atoms with van der Waals surface area (Å²) in [5.74, 6) is -0.763. The number of rotatable bonds is 6. The Balaban J connectivity index is 1.38. The number of amides is 2. The number of para-hydroxylation sites is 1. The fourth-order valence-corrected chi connectivity index (χ4v) is 5.19. The Bertz CT molecular complexity index is 1160. The van der Waals surface area contributed by atoms with E-state index in [4.69, 9.17) is 5.26 Å². The Morgan fingerprint density at radius 1 is 0.969 bits per heavy atom. The number of carbonyl (C=O) groups is 2. The molecule has 0 bridgehead atoms. The Kier molecular flexibility index (Phi) is 6.26. The lowest BCUT2D eigenvalue weighted by Gasteiger charge is -2.30. The number of carbonyl (C=O) groups excluding carboxylic acids is 2. The molecule has 2 aromatic carbocycles. The molecule has 2 aliphatic rings. The summed E-state index contributed by atoms with van der Waals surface area (Å²) in [6, 6.07) is 14.9. The van der Waals surface area contributed by atoms with Gasteiger partial charge in [-0.1, -0.05) is 12.1 Å². The summed E-state index contributed by atoms with van der Waals surface area (Å²) in [6.45, 7) is 0.453. The van der Waals surface area contributed by atoms with Crippen molar-refractivity contribution < 1.29 is 18.0 Å². The van der Waals surface area contributed by atoms with Gasteiger partial charge >= 0.3 is 0 Å². The van der Waals surface area contributed by atoms with Crippen LogP contribution in [0.2, 0.25) is 0 Å². The zero-order valence-electron chi connectivity index (χ0n) is 17.5. The van der Waals surface area contributed by atoms with E-state index in [0.29, 0.717) is 29.7 Å². The van der Waals surface area contributed by atoms with Gasteiger partial charge in [-0.25, -0.2) is 8.42 Å². The molecule has 2 amide bonds. The van der Waals surface area contributed by atoms with E-state index in [9.17, 15) is 18.0 Å². The normalized spacial score (nSPS) is 17.3. The van der Waals surface area contributed by atoms with Crippen molar-refractivity contribution in [1.29, 1.82) is 5.26 Å². The lowest BCUT2D eigenvalue weighted by atomic mass is 9.97. The number of nitriles is 1. The van der Waals surface area contributed by atoms with Crippen LogP contribution in [0.4, 0.5) is 5.69 Å². The topological polar surface area (TPSA) is 119 Å². The van der Waals surface area contributed by atoms with Crippen molar-refractivity contribution in [2.45, 2.75) is 36.6 Å². The van der Waals surface area contributed by atoms with Crippen molar-refractivity contribution in [2.24, 2.45) is 5.92 Å². The highest BCUT2D eigenvalue weighted by atomic mass is 32.2. The first-order chi connectivity index (χ1) is 15.4. The van der Waals surface area contributed by atoms with E-state index in [0.717, 1.165) is 12.8 Å². The first-order valence-electron chi connectivity index (χ1n) is 10.6. The van der Waals surface area contributed by atoms with E-state index in [1.807, 2.05) is 6.07 Å². The van der Waals surface area contributed by atoms with E-state index in [1.54, 1.807) is 24.3 Å². The van der Waals surface area contributed by atoms with Gasteiger partial charge in [0.2, 0.25) is 15.9 Å². The predicted octanol–water partition coefficient (Wildman–Crippen LogP) is 2.49. The first kappa shape index (κ1) is 22.0. The summed E-state index contributed by atoms with van der Waals surface area (Å²) in [5, 5.41) is 14.7. The number of hydrogen-bond acceptors (Lipinski definition) is 5. The smallest absolute Gasteiger partial charge is 0.253 e. The zero-order valence-corrected chi connectivity index (χ0v) is 18.3. The molecule has 0 atom stereocenters. The second kappa shape index (κ2) is 9.10. The quantitative estimate of drug-likeness (QED) is 0.698. The minimum absolute atomic E-state index is 0.134. The Morgan fingerprint density at radius 2 is 1.62 bits per heavy atom. The van der Waals surface area contributed by atoms with Crippen LogP contribution < -0.4 is 10.6 Å². The van der Waals surface area contributed by atoms with Crippen LogP contribution in [0, 0.1) is 17.2 Å². The Hall–Kier alpha value is -3.22. The molecule has 1 aliphatic heterocycles. The van der Waals surface area contributed by atoms with Crippen molar-refractivity contribution in [3.8, 4) is 6.07 Å². The fraction of sp³-hybridized carbons (Fsp3) is 0.348. The molecule has 2 N–H and O–H groups in total. The van der Waals surface area contributed by atoms with Crippen LogP contribution in [0.5, 0.6) is 0 Å². The van der Waals surface area contributed by atoms with Gasteiger partial charge in [0.1, 0.15) is 0 Å². The molecule has 0 spiro atoms. The highest BCUT2D eigenvalue weighted by molar-refractivity contribution is 7.89. The average Bonchev–Trinajstić information content (AvgIpc) is 3.63. The molecule has 32 heavy (non-hydrogen) atoms. The SMILES string of the molecule is N#Cc1ccc(S(=O)(=O)N2CCC(C(=O)Nc3ccccc3C(=O)NC3CC3)CC2)cc1. The number of nitrogens with one attached hydrogen (secondary N) is 2. The van der Waals surface area contributed by atoms with E-state index in [1.165, 1.54) is 28.6 Å². The third-order valence-electron chi connectivity index (χ3n) is 5.79. The fourth-order valence-electron chi connectivity index (χ4n) is 3.72. The second-order valence-electron chi connectivity index (χ2n) is 8.10. The van der Waals surface area contributed by atoms with Crippen molar-refractivity contribution in [3.05, 3.63) is 59.7 Å². The molecular weight excluding hydrogens is 428 g/mol. The number of anilines is 1. The maximum absolute atomic E-state index is 12.9. The monoisotopic (exact) mass is 452 g/mol. The second-order valence-corrected chi connectivity index (χ2v) is 10.0. The average molecular weight is 453 g/mol. The molecule has 1 aliphatic carbocycles. The molecule has 166 valence electrons. The zero-order chi connectivity index (χ0) is 22.7. The van der Waals surface area contributed by atoms with Gasteiger partial charge in [0.05, 0.1) is 27.8 Å². The summed E-state index contributed by atoms with van der Waals surface area (Å²) in [5.41, 5.74) is 1.28. The minimum Gasteiger partial charge on any atom is -0.349 e. The standard InChI is InChI=1S/C23H24N4O4S/c24-15-16-5-9-19(10-6-16)32(30,31)27-13-11-17(12-14-27)22(28)26-21-4-2-1-3-20(21)23(29)25-18-7-8-18/h1-6,9-10,17-18H,7-8,11-14H2,(H,25,29)(H,26,28). The molecule has 8 nitrogen and oxygen atoms in total. The van der Waals surface area contributed by atoms with Crippen LogP contribution in [0.15, 0.2) is 53.4 Å². The highest BCUT2D eigenvalue weighted by Crippen LogP contribution is 2.26. The molecular formula is C23H24N4O4S. The van der Waals surface area contributed by atoms with Gasteiger partial charge in [0.15, 0.2) is 0 Å². The van der Waals surface area contributed by atoms with Gasteiger partial charge in [-0.3, -0.25) is 9.59 Å². The summed E-state index contributed by atoms with van der Waals surface area (Å²) in [6.07, 6.45) is 2.73. The van der Waals surface area contributed by atoms with Gasteiger partial charge in [0, 0.05) is 25.0 Å². The maximum atomic E-state index is 12.9. The van der Waals surface area contributed by atoms with Crippen LogP contribution in [-0.2, 0) is 14.8 Å². The molecule has 0 unspecified atom stereocenters. The van der Waals surface area contributed by atoms with Gasteiger partial charge in [0.25, 0.3) is 5.91 Å². The number of benzene rings is 2. The van der Waals surface area contributed by atoms with Crippen LogP contribution in [0.3, 0.4) is 0 Å². The number of hydrogen-bond donors (Lipinski definition) is 2. The third kappa shape index (κ3) is 4.82. The molecule has 9 heteroatoms. The molecule has 2 aromatic rings. The van der Waals surface area contributed by atoms with Crippen LogP contribution in [0.1, 0.15) is 41.6 Å².